The van der Waals surface area contributed by atoms with Gasteiger partial charge in [-0.05, 0) is 23.8 Å². The summed E-state index contributed by atoms with van der Waals surface area (Å²) in [4.78, 5) is 30.1. The van der Waals surface area contributed by atoms with Crippen molar-refractivity contribution in [2.24, 2.45) is 5.73 Å². The summed E-state index contributed by atoms with van der Waals surface area (Å²) in [5.74, 6) is -0.561. The second-order valence-corrected chi connectivity index (χ2v) is 7.63. The molecule has 0 saturated heterocycles. The van der Waals surface area contributed by atoms with E-state index in [4.69, 9.17) is 38.7 Å². The summed E-state index contributed by atoms with van der Waals surface area (Å²) in [5, 5.41) is 10.5. The number of pyridine rings is 1. The summed E-state index contributed by atoms with van der Waals surface area (Å²) in [7, 11) is 1.49. The first-order valence-electron chi connectivity index (χ1n) is 9.02. The molecule has 3 N–H and O–H groups in total. The van der Waals surface area contributed by atoms with Gasteiger partial charge >= 0.3 is 0 Å². The average Bonchev–Trinajstić information content (AvgIpc) is 3.20. The molecule has 2 amide bonds. The van der Waals surface area contributed by atoms with Gasteiger partial charge in [-0.15, -0.1) is 0 Å². The predicted octanol–water partition coefficient (Wildman–Crippen LogP) is 3.15. The van der Waals surface area contributed by atoms with E-state index in [0.717, 1.165) is 11.1 Å². The molecule has 2 aromatic carbocycles. The fourth-order valence-corrected chi connectivity index (χ4v) is 4.15. The van der Waals surface area contributed by atoms with Gasteiger partial charge in [0.25, 0.3) is 0 Å². The lowest BCUT2D eigenvalue weighted by molar-refractivity contribution is -0.134. The molecule has 0 saturated carbocycles. The highest BCUT2D eigenvalue weighted by Gasteiger charge is 2.30. The second kappa shape index (κ2) is 7.75. The number of nitrogens with zero attached hydrogens (tertiary/aromatic N) is 2. The summed E-state index contributed by atoms with van der Waals surface area (Å²) in [6.07, 6.45) is 0. The third-order valence-electron chi connectivity index (χ3n) is 5.17. The molecule has 2 heterocycles. The molecule has 1 aromatic heterocycles. The number of aliphatic hydroxyl groups excluding tert-OH is 1. The van der Waals surface area contributed by atoms with Gasteiger partial charge in [0.15, 0.2) is 0 Å². The van der Waals surface area contributed by atoms with Crippen molar-refractivity contribution < 1.29 is 19.4 Å². The molecule has 0 unspecified atom stereocenters. The molecule has 0 aliphatic carbocycles. The van der Waals surface area contributed by atoms with Crippen LogP contribution in [-0.4, -0.2) is 40.5 Å². The summed E-state index contributed by atoms with van der Waals surface area (Å²) >= 11 is 12.8. The molecule has 0 bridgehead atoms. The topological polar surface area (TPSA) is 106 Å². The van der Waals surface area contributed by atoms with E-state index >= 15 is 0 Å². The SMILES string of the molecule is COc1cc2c3c(c(-c4cccc(C(N)=O)c4)nc2c(Cl)c1Cl)CN(C(=O)CO)C3. The zero-order chi connectivity index (χ0) is 21.6. The molecule has 0 spiro atoms. The molecule has 0 atom stereocenters. The molecule has 0 radical (unpaired) electrons. The fraction of sp³-hybridized carbons (Fsp3) is 0.190. The Kier molecular flexibility index (Phi) is 5.27. The molecule has 3 aromatic rings. The van der Waals surface area contributed by atoms with Crippen molar-refractivity contribution in [2.45, 2.75) is 13.1 Å². The van der Waals surface area contributed by atoms with Crippen LogP contribution in [0.5, 0.6) is 5.75 Å². The van der Waals surface area contributed by atoms with Crippen LogP contribution in [0.1, 0.15) is 21.5 Å². The van der Waals surface area contributed by atoms with Gasteiger partial charge in [0, 0.05) is 35.2 Å². The van der Waals surface area contributed by atoms with Crippen LogP contribution in [0.2, 0.25) is 10.0 Å². The lowest BCUT2D eigenvalue weighted by Crippen LogP contribution is -2.27. The highest BCUT2D eigenvalue weighted by molar-refractivity contribution is 6.46. The summed E-state index contributed by atoms with van der Waals surface area (Å²) < 4.78 is 5.33. The fourth-order valence-electron chi connectivity index (χ4n) is 3.69. The minimum absolute atomic E-state index is 0.230. The van der Waals surface area contributed by atoms with Crippen molar-refractivity contribution in [3.05, 3.63) is 57.1 Å². The number of ether oxygens (including phenoxy) is 1. The third kappa shape index (κ3) is 3.25. The monoisotopic (exact) mass is 445 g/mol. The minimum Gasteiger partial charge on any atom is -0.495 e. The van der Waals surface area contributed by atoms with Crippen LogP contribution in [0.15, 0.2) is 30.3 Å². The minimum atomic E-state index is -0.595. The number of hydrogen-bond acceptors (Lipinski definition) is 5. The highest BCUT2D eigenvalue weighted by Crippen LogP contribution is 2.43. The van der Waals surface area contributed by atoms with Gasteiger partial charge in [-0.3, -0.25) is 9.59 Å². The van der Waals surface area contributed by atoms with E-state index in [1.165, 1.54) is 12.0 Å². The molecule has 30 heavy (non-hydrogen) atoms. The molecule has 154 valence electrons. The number of amides is 2. The van der Waals surface area contributed by atoms with Crippen LogP contribution in [0, 0.1) is 0 Å². The Morgan fingerprint density at radius 3 is 2.60 bits per heavy atom. The summed E-state index contributed by atoms with van der Waals surface area (Å²) in [5.41, 5.74) is 9.08. The van der Waals surface area contributed by atoms with Gasteiger partial charge < -0.3 is 20.5 Å². The van der Waals surface area contributed by atoms with Crippen molar-refractivity contribution in [3.8, 4) is 17.0 Å². The van der Waals surface area contributed by atoms with Crippen LogP contribution in [-0.2, 0) is 17.9 Å². The largest absolute Gasteiger partial charge is 0.495 e. The normalized spacial score (nSPS) is 12.9. The Morgan fingerprint density at radius 1 is 1.20 bits per heavy atom. The Bertz CT molecular complexity index is 1210. The van der Waals surface area contributed by atoms with Gasteiger partial charge in [-0.2, -0.15) is 0 Å². The number of carbonyl (C=O) groups is 2. The smallest absolute Gasteiger partial charge is 0.248 e. The number of nitrogens with two attached hydrogens (primary N) is 1. The highest BCUT2D eigenvalue weighted by atomic mass is 35.5. The molecular weight excluding hydrogens is 429 g/mol. The van der Waals surface area contributed by atoms with Crippen LogP contribution in [0.25, 0.3) is 22.2 Å². The quantitative estimate of drug-likeness (QED) is 0.641. The zero-order valence-corrected chi connectivity index (χ0v) is 17.4. The standard InChI is InChI=1S/C21H17Cl2N3O4/c1-30-15-6-12-13-7-26(16(28)9-27)8-14(13)19(25-20(12)18(23)17(15)22)10-3-2-4-11(5-10)21(24)29/h2-6,27H,7-9H2,1H3,(H2,24,29). The predicted molar refractivity (Wildman–Crippen MR) is 114 cm³/mol. The van der Waals surface area contributed by atoms with Crippen molar-refractivity contribution >= 4 is 45.9 Å². The maximum atomic E-state index is 12.2. The number of primary amides is 1. The first-order valence-corrected chi connectivity index (χ1v) is 9.77. The Hall–Kier alpha value is -2.87. The number of fused-ring (bicyclic) bond motifs is 3. The van der Waals surface area contributed by atoms with Gasteiger partial charge in [0.05, 0.1) is 23.3 Å². The first-order chi connectivity index (χ1) is 14.3. The molecular formula is C21H17Cl2N3O4. The van der Waals surface area contributed by atoms with Crippen LogP contribution in [0.3, 0.4) is 0 Å². The van der Waals surface area contributed by atoms with Gasteiger partial charge in [0.2, 0.25) is 11.8 Å². The number of methoxy groups -OCH3 is 1. The third-order valence-corrected chi connectivity index (χ3v) is 6.01. The van der Waals surface area contributed by atoms with Crippen LogP contribution >= 0.6 is 23.2 Å². The van der Waals surface area contributed by atoms with E-state index in [-0.39, 0.29) is 23.1 Å². The van der Waals surface area contributed by atoms with E-state index in [0.29, 0.717) is 33.5 Å². The summed E-state index contributed by atoms with van der Waals surface area (Å²) in [6, 6.07) is 8.51. The van der Waals surface area contributed by atoms with Crippen molar-refractivity contribution in [3.63, 3.8) is 0 Å². The number of halogens is 2. The molecule has 9 heteroatoms. The number of rotatable bonds is 4. The summed E-state index contributed by atoms with van der Waals surface area (Å²) in [6.45, 7) is -0.0600. The van der Waals surface area contributed by atoms with Crippen molar-refractivity contribution in [1.82, 2.24) is 9.88 Å². The van der Waals surface area contributed by atoms with Crippen LogP contribution in [0.4, 0.5) is 0 Å². The Balaban J connectivity index is 2.03. The van der Waals surface area contributed by atoms with Gasteiger partial charge in [0.1, 0.15) is 17.4 Å². The van der Waals surface area contributed by atoms with E-state index in [2.05, 4.69) is 0 Å². The average molecular weight is 446 g/mol. The van der Waals surface area contributed by atoms with Crippen molar-refractivity contribution in [1.29, 1.82) is 0 Å². The lowest BCUT2D eigenvalue weighted by atomic mass is 9.97. The van der Waals surface area contributed by atoms with Crippen LogP contribution < -0.4 is 10.5 Å². The molecule has 0 fully saturated rings. The lowest BCUT2D eigenvalue weighted by Gasteiger charge is -2.14. The molecule has 1 aliphatic heterocycles. The number of benzene rings is 2. The molecule has 1 aliphatic rings. The number of aliphatic hydroxyl groups is 1. The van der Waals surface area contributed by atoms with Gasteiger partial charge in [-0.1, -0.05) is 35.3 Å². The van der Waals surface area contributed by atoms with Crippen molar-refractivity contribution in [2.75, 3.05) is 13.7 Å². The Labute approximate surface area is 182 Å². The Morgan fingerprint density at radius 2 is 1.93 bits per heavy atom. The van der Waals surface area contributed by atoms with E-state index in [1.54, 1.807) is 30.3 Å². The molecule has 4 rings (SSSR count). The van der Waals surface area contributed by atoms with E-state index in [9.17, 15) is 14.7 Å². The number of carbonyl (C=O) groups excluding carboxylic acids is 2. The maximum absolute atomic E-state index is 12.2. The van der Waals surface area contributed by atoms with E-state index < -0.39 is 18.4 Å². The molecule has 7 nitrogen and oxygen atoms in total. The number of aromatic nitrogens is 1. The first kappa shape index (κ1) is 20.4. The van der Waals surface area contributed by atoms with E-state index in [1.807, 2.05) is 0 Å². The number of hydrogen-bond donors (Lipinski definition) is 2. The van der Waals surface area contributed by atoms with Gasteiger partial charge in [-0.25, -0.2) is 4.98 Å². The zero-order valence-electron chi connectivity index (χ0n) is 15.9. The second-order valence-electron chi connectivity index (χ2n) is 6.87. The maximum Gasteiger partial charge on any atom is 0.248 e.